The fourth-order valence-electron chi connectivity index (χ4n) is 1.83. The molecule has 1 fully saturated rings. The SMILES string of the molecule is CN1CCC(C(F)(F)F)C(CO)C1. The van der Waals surface area contributed by atoms with E-state index in [-0.39, 0.29) is 13.0 Å². The number of rotatable bonds is 1. The molecule has 0 aliphatic carbocycles. The van der Waals surface area contributed by atoms with Gasteiger partial charge in [-0.3, -0.25) is 0 Å². The standard InChI is InChI=1S/C8H14F3NO/c1-12-3-2-7(8(9,10)11)6(4-12)5-13/h6-7,13H,2-5H2,1H3. The van der Waals surface area contributed by atoms with E-state index in [1.807, 2.05) is 4.90 Å². The van der Waals surface area contributed by atoms with Crippen LogP contribution in [-0.2, 0) is 0 Å². The quantitative estimate of drug-likeness (QED) is 0.680. The predicted molar refractivity (Wildman–Crippen MR) is 42.2 cm³/mol. The summed E-state index contributed by atoms with van der Waals surface area (Å²) in [6.07, 6.45) is -4.06. The third-order valence-corrected chi connectivity index (χ3v) is 2.59. The first-order chi connectivity index (χ1) is 5.95. The van der Waals surface area contributed by atoms with Gasteiger partial charge in [0, 0.05) is 19.1 Å². The Morgan fingerprint density at radius 2 is 2.08 bits per heavy atom. The van der Waals surface area contributed by atoms with Crippen LogP contribution in [0.3, 0.4) is 0 Å². The molecule has 0 amide bonds. The molecule has 5 heteroatoms. The van der Waals surface area contributed by atoms with Crippen LogP contribution in [0.1, 0.15) is 6.42 Å². The lowest BCUT2D eigenvalue weighted by molar-refractivity contribution is -0.203. The van der Waals surface area contributed by atoms with Crippen LogP contribution in [0.2, 0.25) is 0 Å². The first-order valence-corrected chi connectivity index (χ1v) is 4.31. The Kier molecular flexibility index (Phi) is 3.18. The lowest BCUT2D eigenvalue weighted by atomic mass is 9.86. The van der Waals surface area contributed by atoms with Gasteiger partial charge in [0.2, 0.25) is 0 Å². The number of alkyl halides is 3. The van der Waals surface area contributed by atoms with Gasteiger partial charge in [0.15, 0.2) is 0 Å². The summed E-state index contributed by atoms with van der Waals surface area (Å²) < 4.78 is 37.1. The summed E-state index contributed by atoms with van der Waals surface area (Å²) in [5.74, 6) is -1.98. The summed E-state index contributed by atoms with van der Waals surface area (Å²) in [5, 5.41) is 8.82. The molecule has 2 unspecified atom stereocenters. The van der Waals surface area contributed by atoms with Gasteiger partial charge in [0.05, 0.1) is 5.92 Å². The molecule has 1 rings (SSSR count). The molecule has 1 saturated heterocycles. The summed E-state index contributed by atoms with van der Waals surface area (Å²) in [5.41, 5.74) is 0. The van der Waals surface area contributed by atoms with Gasteiger partial charge >= 0.3 is 6.18 Å². The second-order valence-corrected chi connectivity index (χ2v) is 3.64. The molecule has 0 saturated carbocycles. The predicted octanol–water partition coefficient (Wildman–Crippen LogP) is 1.11. The highest BCUT2D eigenvalue weighted by atomic mass is 19.4. The van der Waals surface area contributed by atoms with E-state index in [1.165, 1.54) is 0 Å². The highest BCUT2D eigenvalue weighted by molar-refractivity contribution is 4.83. The number of halogens is 3. The minimum atomic E-state index is -4.16. The maximum absolute atomic E-state index is 12.4. The highest BCUT2D eigenvalue weighted by Gasteiger charge is 2.46. The van der Waals surface area contributed by atoms with Gasteiger partial charge in [-0.15, -0.1) is 0 Å². The molecule has 0 aromatic heterocycles. The first kappa shape index (κ1) is 10.8. The Hall–Kier alpha value is -0.290. The number of likely N-dealkylation sites (tertiary alicyclic amines) is 1. The highest BCUT2D eigenvalue weighted by Crippen LogP contribution is 2.37. The van der Waals surface area contributed by atoms with Crippen molar-refractivity contribution in [2.24, 2.45) is 11.8 Å². The van der Waals surface area contributed by atoms with Crippen LogP contribution in [0.5, 0.6) is 0 Å². The van der Waals surface area contributed by atoms with Crippen molar-refractivity contribution in [1.29, 1.82) is 0 Å². The van der Waals surface area contributed by atoms with E-state index in [4.69, 9.17) is 5.11 Å². The number of nitrogens with zero attached hydrogens (tertiary/aromatic N) is 1. The molecule has 2 atom stereocenters. The minimum absolute atomic E-state index is 0.102. The second-order valence-electron chi connectivity index (χ2n) is 3.64. The molecule has 1 aliphatic heterocycles. The Morgan fingerprint density at radius 1 is 1.46 bits per heavy atom. The fraction of sp³-hybridized carbons (Fsp3) is 1.00. The fourth-order valence-corrected chi connectivity index (χ4v) is 1.83. The first-order valence-electron chi connectivity index (χ1n) is 4.31. The maximum atomic E-state index is 12.4. The number of aliphatic hydroxyl groups excluding tert-OH is 1. The van der Waals surface area contributed by atoms with Crippen LogP contribution >= 0.6 is 0 Å². The Bertz CT molecular complexity index is 171. The molecule has 0 radical (unpaired) electrons. The second kappa shape index (κ2) is 3.84. The lowest BCUT2D eigenvalue weighted by Gasteiger charge is -2.36. The number of aliphatic hydroxyl groups is 1. The Balaban J connectivity index is 2.63. The summed E-state index contributed by atoms with van der Waals surface area (Å²) in [6, 6.07) is 0. The summed E-state index contributed by atoms with van der Waals surface area (Å²) in [4.78, 5) is 1.82. The van der Waals surface area contributed by atoms with Crippen LogP contribution in [0.15, 0.2) is 0 Å². The normalized spacial score (nSPS) is 32.1. The van der Waals surface area contributed by atoms with Crippen LogP contribution < -0.4 is 0 Å². The van der Waals surface area contributed by atoms with Crippen molar-refractivity contribution >= 4 is 0 Å². The van der Waals surface area contributed by atoms with Crippen LogP contribution in [0.4, 0.5) is 13.2 Å². The molecular formula is C8H14F3NO. The van der Waals surface area contributed by atoms with Gasteiger partial charge in [-0.05, 0) is 20.0 Å². The van der Waals surface area contributed by atoms with Gasteiger partial charge in [-0.1, -0.05) is 0 Å². The average molecular weight is 197 g/mol. The van der Waals surface area contributed by atoms with E-state index in [0.29, 0.717) is 13.1 Å². The van der Waals surface area contributed by atoms with Gasteiger partial charge in [0.25, 0.3) is 0 Å². The summed E-state index contributed by atoms with van der Waals surface area (Å²) in [6.45, 7) is 0.413. The van der Waals surface area contributed by atoms with Crippen molar-refractivity contribution in [2.45, 2.75) is 12.6 Å². The zero-order chi connectivity index (χ0) is 10.1. The van der Waals surface area contributed by atoms with E-state index < -0.39 is 18.0 Å². The Morgan fingerprint density at radius 3 is 2.54 bits per heavy atom. The smallest absolute Gasteiger partial charge is 0.392 e. The largest absolute Gasteiger partial charge is 0.396 e. The van der Waals surface area contributed by atoms with Crippen LogP contribution in [0.25, 0.3) is 0 Å². The van der Waals surface area contributed by atoms with Crippen molar-refractivity contribution in [3.8, 4) is 0 Å². The number of piperidine rings is 1. The van der Waals surface area contributed by atoms with Gasteiger partial charge in [-0.2, -0.15) is 13.2 Å². The molecule has 1 heterocycles. The van der Waals surface area contributed by atoms with Crippen molar-refractivity contribution in [2.75, 3.05) is 26.7 Å². The van der Waals surface area contributed by atoms with E-state index >= 15 is 0 Å². The monoisotopic (exact) mass is 197 g/mol. The maximum Gasteiger partial charge on any atom is 0.392 e. The molecular weight excluding hydrogens is 183 g/mol. The number of hydrogen-bond donors (Lipinski definition) is 1. The van der Waals surface area contributed by atoms with Crippen molar-refractivity contribution in [1.82, 2.24) is 4.90 Å². The molecule has 13 heavy (non-hydrogen) atoms. The van der Waals surface area contributed by atoms with Crippen molar-refractivity contribution in [3.63, 3.8) is 0 Å². The third kappa shape index (κ3) is 2.57. The van der Waals surface area contributed by atoms with Crippen molar-refractivity contribution < 1.29 is 18.3 Å². The molecule has 0 bridgehead atoms. The number of hydrogen-bond acceptors (Lipinski definition) is 2. The van der Waals surface area contributed by atoms with E-state index in [9.17, 15) is 13.2 Å². The van der Waals surface area contributed by atoms with Gasteiger partial charge in [0.1, 0.15) is 0 Å². The zero-order valence-corrected chi connectivity index (χ0v) is 7.51. The zero-order valence-electron chi connectivity index (χ0n) is 7.51. The molecule has 78 valence electrons. The summed E-state index contributed by atoms with van der Waals surface area (Å²) >= 11 is 0. The van der Waals surface area contributed by atoms with Crippen LogP contribution in [0, 0.1) is 11.8 Å². The van der Waals surface area contributed by atoms with E-state index in [2.05, 4.69) is 0 Å². The molecule has 0 aromatic rings. The third-order valence-electron chi connectivity index (χ3n) is 2.59. The molecule has 1 N–H and O–H groups in total. The summed E-state index contributed by atoms with van der Waals surface area (Å²) in [7, 11) is 1.77. The van der Waals surface area contributed by atoms with Crippen molar-refractivity contribution in [3.05, 3.63) is 0 Å². The van der Waals surface area contributed by atoms with Gasteiger partial charge in [-0.25, -0.2) is 0 Å². The molecule has 0 spiro atoms. The molecule has 0 aromatic carbocycles. The van der Waals surface area contributed by atoms with E-state index in [0.717, 1.165) is 0 Å². The topological polar surface area (TPSA) is 23.5 Å². The molecule has 1 aliphatic rings. The van der Waals surface area contributed by atoms with Crippen LogP contribution in [-0.4, -0.2) is 42.9 Å². The average Bonchev–Trinajstić information content (AvgIpc) is 2.01. The lowest BCUT2D eigenvalue weighted by Crippen LogP contribution is -2.45. The Labute approximate surface area is 75.3 Å². The van der Waals surface area contributed by atoms with Gasteiger partial charge < -0.3 is 10.0 Å². The minimum Gasteiger partial charge on any atom is -0.396 e. The molecule has 2 nitrogen and oxygen atoms in total. The van der Waals surface area contributed by atoms with E-state index in [1.54, 1.807) is 7.05 Å².